The summed E-state index contributed by atoms with van der Waals surface area (Å²) in [5.74, 6) is 1.37. The molecule has 23 heavy (non-hydrogen) atoms. The zero-order valence-electron chi connectivity index (χ0n) is 12.4. The van der Waals surface area contributed by atoms with Crippen LogP contribution in [0.25, 0.3) is 16.9 Å². The Labute approximate surface area is 141 Å². The first-order valence-electron chi connectivity index (χ1n) is 7.13. The number of aromatic nitrogens is 2. The lowest BCUT2D eigenvalue weighted by molar-refractivity contribution is 0.174. The van der Waals surface area contributed by atoms with Gasteiger partial charge >= 0.3 is 0 Å². The zero-order chi connectivity index (χ0) is 16.0. The SMILES string of the molecule is Cc1ccc(Br)c(-n2nccc2-c2cc3c(cc2N)OCO3)c1. The van der Waals surface area contributed by atoms with Gasteiger partial charge in [-0.15, -0.1) is 0 Å². The van der Waals surface area contributed by atoms with Crippen LogP contribution in [0.15, 0.2) is 47.1 Å². The molecular weight excluding hydrogens is 358 g/mol. The molecule has 0 aliphatic carbocycles. The van der Waals surface area contributed by atoms with Crippen LogP contribution in [-0.2, 0) is 0 Å². The van der Waals surface area contributed by atoms with E-state index in [0.717, 1.165) is 27.0 Å². The number of anilines is 1. The van der Waals surface area contributed by atoms with Crippen molar-refractivity contribution in [2.24, 2.45) is 0 Å². The largest absolute Gasteiger partial charge is 0.454 e. The van der Waals surface area contributed by atoms with E-state index >= 15 is 0 Å². The van der Waals surface area contributed by atoms with Crippen LogP contribution in [0.2, 0.25) is 0 Å². The van der Waals surface area contributed by atoms with E-state index in [0.29, 0.717) is 17.2 Å². The summed E-state index contributed by atoms with van der Waals surface area (Å²) in [5.41, 5.74) is 10.7. The molecule has 0 bridgehead atoms. The first-order valence-corrected chi connectivity index (χ1v) is 7.93. The van der Waals surface area contributed by atoms with E-state index in [1.807, 2.05) is 35.9 Å². The second-order valence-corrected chi connectivity index (χ2v) is 6.23. The summed E-state index contributed by atoms with van der Waals surface area (Å²) in [6.07, 6.45) is 1.76. The van der Waals surface area contributed by atoms with Gasteiger partial charge in [0.25, 0.3) is 0 Å². The third kappa shape index (κ3) is 2.35. The lowest BCUT2D eigenvalue weighted by Crippen LogP contribution is -2.02. The predicted molar refractivity (Wildman–Crippen MR) is 92.0 cm³/mol. The number of ether oxygens (including phenoxy) is 2. The van der Waals surface area contributed by atoms with Gasteiger partial charge in [0.15, 0.2) is 11.5 Å². The summed E-state index contributed by atoms with van der Waals surface area (Å²) in [6, 6.07) is 11.8. The number of benzene rings is 2. The van der Waals surface area contributed by atoms with Crippen molar-refractivity contribution in [1.82, 2.24) is 9.78 Å². The highest BCUT2D eigenvalue weighted by molar-refractivity contribution is 9.10. The quantitative estimate of drug-likeness (QED) is 0.693. The Kier molecular flexibility index (Phi) is 3.27. The molecule has 0 fully saturated rings. The molecule has 116 valence electrons. The molecule has 0 amide bonds. The summed E-state index contributed by atoms with van der Waals surface area (Å²) in [7, 11) is 0. The zero-order valence-corrected chi connectivity index (χ0v) is 14.0. The number of halogens is 1. The summed E-state index contributed by atoms with van der Waals surface area (Å²) in [6.45, 7) is 2.27. The average Bonchev–Trinajstić information content (AvgIpc) is 3.17. The molecular formula is C17H14BrN3O2. The van der Waals surface area contributed by atoms with Crippen molar-refractivity contribution >= 4 is 21.6 Å². The maximum atomic E-state index is 6.21. The van der Waals surface area contributed by atoms with Crippen LogP contribution in [-0.4, -0.2) is 16.6 Å². The number of hydrogen-bond donors (Lipinski definition) is 1. The minimum absolute atomic E-state index is 0.223. The highest BCUT2D eigenvalue weighted by atomic mass is 79.9. The van der Waals surface area contributed by atoms with Crippen molar-refractivity contribution in [1.29, 1.82) is 0 Å². The van der Waals surface area contributed by atoms with Crippen LogP contribution in [0.5, 0.6) is 11.5 Å². The lowest BCUT2D eigenvalue weighted by Gasteiger charge is -2.12. The second kappa shape index (κ2) is 5.31. The molecule has 1 aliphatic rings. The van der Waals surface area contributed by atoms with E-state index in [2.05, 4.69) is 27.1 Å². The van der Waals surface area contributed by atoms with Gasteiger partial charge in [0.1, 0.15) is 0 Å². The number of hydrogen-bond acceptors (Lipinski definition) is 4. The maximum Gasteiger partial charge on any atom is 0.231 e. The van der Waals surface area contributed by atoms with Gasteiger partial charge in [-0.2, -0.15) is 5.10 Å². The standard InChI is InChI=1S/C17H14BrN3O2/c1-10-2-3-12(18)15(6-10)21-14(4-5-20-21)11-7-16-17(8-13(11)19)23-9-22-16/h2-8H,9,19H2,1H3. The van der Waals surface area contributed by atoms with Crippen LogP contribution < -0.4 is 15.2 Å². The van der Waals surface area contributed by atoms with Gasteiger partial charge in [-0.3, -0.25) is 0 Å². The Bertz CT molecular complexity index is 905. The summed E-state index contributed by atoms with van der Waals surface area (Å²) in [4.78, 5) is 0. The minimum Gasteiger partial charge on any atom is -0.454 e. The highest BCUT2D eigenvalue weighted by Crippen LogP contribution is 2.40. The van der Waals surface area contributed by atoms with E-state index in [4.69, 9.17) is 15.2 Å². The molecule has 2 aromatic carbocycles. The number of nitrogen functional groups attached to an aromatic ring is 1. The molecule has 1 aromatic heterocycles. The molecule has 2 N–H and O–H groups in total. The molecule has 2 heterocycles. The normalized spacial score (nSPS) is 12.6. The summed E-state index contributed by atoms with van der Waals surface area (Å²) >= 11 is 3.59. The van der Waals surface area contributed by atoms with Gasteiger partial charge in [0.2, 0.25) is 6.79 Å². The third-order valence-electron chi connectivity index (χ3n) is 3.79. The van der Waals surface area contributed by atoms with E-state index in [1.54, 1.807) is 12.3 Å². The van der Waals surface area contributed by atoms with E-state index < -0.39 is 0 Å². The topological polar surface area (TPSA) is 62.3 Å². The molecule has 3 aromatic rings. The molecule has 6 heteroatoms. The number of aryl methyl sites for hydroxylation is 1. The van der Waals surface area contributed by atoms with Crippen LogP contribution in [0.3, 0.4) is 0 Å². The highest BCUT2D eigenvalue weighted by Gasteiger charge is 2.19. The first-order chi connectivity index (χ1) is 11.1. The van der Waals surface area contributed by atoms with Gasteiger partial charge in [0.05, 0.1) is 17.6 Å². The van der Waals surface area contributed by atoms with Gasteiger partial charge in [-0.1, -0.05) is 6.07 Å². The number of rotatable bonds is 2. The fraction of sp³-hybridized carbons (Fsp3) is 0.118. The van der Waals surface area contributed by atoms with Gasteiger partial charge in [-0.05, 0) is 52.7 Å². The third-order valence-corrected chi connectivity index (χ3v) is 4.46. The number of fused-ring (bicyclic) bond motifs is 1. The summed E-state index contributed by atoms with van der Waals surface area (Å²) in [5, 5.41) is 4.46. The van der Waals surface area contributed by atoms with E-state index in [1.165, 1.54) is 0 Å². The fourth-order valence-corrected chi connectivity index (χ4v) is 3.08. The second-order valence-electron chi connectivity index (χ2n) is 5.38. The van der Waals surface area contributed by atoms with Crippen molar-refractivity contribution in [2.75, 3.05) is 12.5 Å². The Morgan fingerprint density at radius 2 is 1.91 bits per heavy atom. The Morgan fingerprint density at radius 3 is 2.74 bits per heavy atom. The van der Waals surface area contributed by atoms with E-state index in [-0.39, 0.29) is 6.79 Å². The van der Waals surface area contributed by atoms with Crippen LogP contribution in [0.4, 0.5) is 5.69 Å². The number of nitrogens with zero attached hydrogens (tertiary/aromatic N) is 2. The molecule has 0 saturated heterocycles. The predicted octanol–water partition coefficient (Wildman–Crippen LogP) is 3.92. The molecule has 0 unspecified atom stereocenters. The molecule has 4 rings (SSSR count). The minimum atomic E-state index is 0.223. The molecule has 0 spiro atoms. The fourth-order valence-electron chi connectivity index (χ4n) is 2.66. The Hall–Kier alpha value is -2.47. The van der Waals surface area contributed by atoms with Crippen molar-refractivity contribution in [3.63, 3.8) is 0 Å². The molecule has 0 radical (unpaired) electrons. The maximum absolute atomic E-state index is 6.21. The van der Waals surface area contributed by atoms with Crippen molar-refractivity contribution in [3.05, 3.63) is 52.6 Å². The lowest BCUT2D eigenvalue weighted by atomic mass is 10.1. The smallest absolute Gasteiger partial charge is 0.231 e. The van der Waals surface area contributed by atoms with Crippen molar-refractivity contribution in [3.8, 4) is 28.4 Å². The molecule has 5 nitrogen and oxygen atoms in total. The molecule has 1 aliphatic heterocycles. The first kappa shape index (κ1) is 14.1. The van der Waals surface area contributed by atoms with Crippen LogP contribution in [0.1, 0.15) is 5.56 Å². The molecule has 0 atom stereocenters. The number of nitrogens with two attached hydrogens (primary N) is 1. The monoisotopic (exact) mass is 371 g/mol. The van der Waals surface area contributed by atoms with Crippen LogP contribution >= 0.6 is 15.9 Å². The molecule has 0 saturated carbocycles. The average molecular weight is 372 g/mol. The Morgan fingerprint density at radius 1 is 1.13 bits per heavy atom. The van der Waals surface area contributed by atoms with Gasteiger partial charge < -0.3 is 15.2 Å². The van der Waals surface area contributed by atoms with Gasteiger partial charge in [-0.25, -0.2) is 4.68 Å². The van der Waals surface area contributed by atoms with Crippen LogP contribution in [0, 0.1) is 6.92 Å². The Balaban J connectivity index is 1.90. The van der Waals surface area contributed by atoms with Crippen molar-refractivity contribution in [2.45, 2.75) is 6.92 Å². The van der Waals surface area contributed by atoms with Crippen molar-refractivity contribution < 1.29 is 9.47 Å². The van der Waals surface area contributed by atoms with E-state index in [9.17, 15) is 0 Å². The van der Waals surface area contributed by atoms with Gasteiger partial charge in [0, 0.05) is 21.8 Å². The summed E-state index contributed by atoms with van der Waals surface area (Å²) < 4.78 is 13.7.